The van der Waals surface area contributed by atoms with Crippen LogP contribution in [0.2, 0.25) is 0 Å². The molecule has 4 heteroatoms. The molecule has 342 valence electrons. The molecule has 0 aliphatic carbocycles. The number of phenolic OH excluding ortho intramolecular Hbond substituents is 1. The lowest BCUT2D eigenvalue weighted by atomic mass is 9.83. The average molecular weight is 892 g/mol. The number of phenols is 1. The number of aryl methyl sites for hydroxylation is 2. The van der Waals surface area contributed by atoms with Crippen molar-refractivity contribution in [3.8, 4) is 78.6 Å². The molecule has 0 saturated heterocycles. The molecule has 0 saturated carbocycles. The van der Waals surface area contributed by atoms with E-state index in [1.807, 2.05) is 6.20 Å². The normalized spacial score (nSPS) is 12.1. The fourth-order valence-corrected chi connectivity index (χ4v) is 9.45. The van der Waals surface area contributed by atoms with Crippen LogP contribution < -0.4 is 0 Å². The largest absolute Gasteiger partial charge is 0.507 e. The summed E-state index contributed by atoms with van der Waals surface area (Å²) in [6.45, 7) is 26.7. The SMILES string of the molecule is Cc1ccc(-c2ccnc(-c3cc(-c4cccc5c4nc(-c4cc(C(C)C)cc(C(C)C)c4O)n5-c4cc(-c5ccccc5)c(C)cc4-c4ccc(C(C)(C)C)cc4)cc(C(C)(C)C)c3)c2)cc1. The smallest absolute Gasteiger partial charge is 0.149 e. The number of para-hydroxylation sites is 1. The summed E-state index contributed by atoms with van der Waals surface area (Å²) in [6, 6.07) is 55.2. The van der Waals surface area contributed by atoms with Crippen LogP contribution >= 0.6 is 0 Å². The first-order valence-electron chi connectivity index (χ1n) is 24.2. The molecule has 0 aliphatic heterocycles. The minimum absolute atomic E-state index is 0.00968. The van der Waals surface area contributed by atoms with E-state index in [0.29, 0.717) is 5.82 Å². The maximum absolute atomic E-state index is 12.5. The zero-order chi connectivity index (χ0) is 48.2. The standard InChI is InChI=1S/C64H65N3O/c1-39(2)47-35-53(40(3)4)61(68)56(36-47)62-66-60-52(48-32-49(34-51(33-48)64(10,11)12)57-37-46(29-30-65-57)43-23-21-41(5)22-24-43)19-16-20-58(60)67(62)59-38-54(44-17-14-13-15-18-44)42(6)31-55(59)45-25-27-50(28-26-45)63(7,8)9/h13-40,68H,1-12H3. The molecule has 0 aliphatic rings. The fraction of sp³-hybridized carbons (Fsp3) is 0.250. The Kier molecular flexibility index (Phi) is 12.1. The second-order valence-electron chi connectivity index (χ2n) is 21.5. The van der Waals surface area contributed by atoms with Crippen molar-refractivity contribution in [3.63, 3.8) is 0 Å². The number of hydrogen-bond donors (Lipinski definition) is 1. The van der Waals surface area contributed by atoms with Gasteiger partial charge in [0, 0.05) is 22.9 Å². The first-order valence-corrected chi connectivity index (χ1v) is 24.2. The van der Waals surface area contributed by atoms with E-state index in [1.54, 1.807) is 0 Å². The summed E-state index contributed by atoms with van der Waals surface area (Å²) < 4.78 is 2.32. The Morgan fingerprint density at radius 2 is 1.16 bits per heavy atom. The Morgan fingerprint density at radius 1 is 0.500 bits per heavy atom. The third-order valence-electron chi connectivity index (χ3n) is 13.7. The molecule has 0 spiro atoms. The Bertz CT molecular complexity index is 3300. The van der Waals surface area contributed by atoms with Gasteiger partial charge < -0.3 is 5.11 Å². The number of aromatic nitrogens is 3. The molecule has 2 aromatic heterocycles. The van der Waals surface area contributed by atoms with E-state index in [0.717, 1.165) is 89.2 Å². The summed E-state index contributed by atoms with van der Waals surface area (Å²) in [7, 11) is 0. The number of benzene rings is 7. The molecular formula is C64H65N3O. The first kappa shape index (κ1) is 46.1. The van der Waals surface area contributed by atoms with Gasteiger partial charge in [-0.3, -0.25) is 9.55 Å². The molecule has 1 N–H and O–H groups in total. The third-order valence-corrected chi connectivity index (χ3v) is 13.7. The molecule has 0 bridgehead atoms. The zero-order valence-corrected chi connectivity index (χ0v) is 42.0. The summed E-state index contributed by atoms with van der Waals surface area (Å²) >= 11 is 0. The van der Waals surface area contributed by atoms with Crippen LogP contribution in [0.4, 0.5) is 0 Å². The minimum atomic E-state index is -0.152. The Balaban J connectivity index is 1.37. The molecule has 0 amide bonds. The predicted octanol–water partition coefficient (Wildman–Crippen LogP) is 17.6. The van der Waals surface area contributed by atoms with Crippen LogP contribution in [0.3, 0.4) is 0 Å². The Labute approximate surface area is 404 Å². The molecule has 7 aromatic carbocycles. The second kappa shape index (κ2) is 17.9. The lowest BCUT2D eigenvalue weighted by Gasteiger charge is -2.22. The van der Waals surface area contributed by atoms with Crippen molar-refractivity contribution < 1.29 is 5.11 Å². The van der Waals surface area contributed by atoms with Gasteiger partial charge in [-0.25, -0.2) is 4.98 Å². The number of imidazole rings is 1. The first-order chi connectivity index (χ1) is 32.3. The minimum Gasteiger partial charge on any atom is -0.507 e. The van der Waals surface area contributed by atoms with Gasteiger partial charge in [0.2, 0.25) is 0 Å². The van der Waals surface area contributed by atoms with Gasteiger partial charge in [0.15, 0.2) is 0 Å². The van der Waals surface area contributed by atoms with Gasteiger partial charge in [-0.05, 0) is 146 Å². The molecule has 0 unspecified atom stereocenters. The summed E-state index contributed by atoms with van der Waals surface area (Å²) in [6.07, 6.45) is 1.92. The van der Waals surface area contributed by atoms with Crippen LogP contribution in [0.25, 0.3) is 83.9 Å². The molecule has 0 atom stereocenters. The maximum atomic E-state index is 12.5. The highest BCUT2D eigenvalue weighted by atomic mass is 16.3. The highest BCUT2D eigenvalue weighted by Crippen LogP contribution is 2.46. The van der Waals surface area contributed by atoms with Gasteiger partial charge in [0.25, 0.3) is 0 Å². The predicted molar refractivity (Wildman–Crippen MR) is 288 cm³/mol. The van der Waals surface area contributed by atoms with Crippen molar-refractivity contribution in [1.82, 2.24) is 14.5 Å². The highest BCUT2D eigenvalue weighted by Gasteiger charge is 2.27. The van der Waals surface area contributed by atoms with Gasteiger partial charge in [0.1, 0.15) is 11.6 Å². The van der Waals surface area contributed by atoms with Crippen LogP contribution in [0.5, 0.6) is 5.75 Å². The van der Waals surface area contributed by atoms with E-state index in [9.17, 15) is 5.11 Å². The number of pyridine rings is 1. The van der Waals surface area contributed by atoms with Crippen molar-refractivity contribution in [3.05, 3.63) is 191 Å². The Morgan fingerprint density at radius 3 is 1.82 bits per heavy atom. The third kappa shape index (κ3) is 8.93. The Hall–Kier alpha value is -7.04. The van der Waals surface area contributed by atoms with Crippen molar-refractivity contribution in [2.75, 3.05) is 0 Å². The van der Waals surface area contributed by atoms with E-state index < -0.39 is 0 Å². The number of aromatic hydroxyl groups is 1. The summed E-state index contributed by atoms with van der Waals surface area (Å²) in [5, 5.41) is 12.5. The monoisotopic (exact) mass is 892 g/mol. The number of rotatable bonds is 9. The van der Waals surface area contributed by atoms with Crippen LogP contribution in [0, 0.1) is 13.8 Å². The molecule has 0 fully saturated rings. The van der Waals surface area contributed by atoms with E-state index in [-0.39, 0.29) is 28.4 Å². The van der Waals surface area contributed by atoms with Gasteiger partial charge in [-0.1, -0.05) is 178 Å². The summed E-state index contributed by atoms with van der Waals surface area (Å²) in [4.78, 5) is 10.7. The topological polar surface area (TPSA) is 50.9 Å². The molecule has 4 nitrogen and oxygen atoms in total. The molecular weight excluding hydrogens is 827 g/mol. The molecule has 68 heavy (non-hydrogen) atoms. The summed E-state index contributed by atoms with van der Waals surface area (Å²) in [5.74, 6) is 1.30. The van der Waals surface area contributed by atoms with Crippen molar-refractivity contribution >= 4 is 11.0 Å². The van der Waals surface area contributed by atoms with E-state index in [2.05, 4.69) is 239 Å². The van der Waals surface area contributed by atoms with Crippen LogP contribution in [0.15, 0.2) is 158 Å². The van der Waals surface area contributed by atoms with E-state index >= 15 is 0 Å². The van der Waals surface area contributed by atoms with Gasteiger partial charge >= 0.3 is 0 Å². The maximum Gasteiger partial charge on any atom is 0.149 e. The van der Waals surface area contributed by atoms with Gasteiger partial charge in [-0.2, -0.15) is 0 Å². The van der Waals surface area contributed by atoms with Gasteiger partial charge in [0.05, 0.1) is 28.0 Å². The average Bonchev–Trinajstić information content (AvgIpc) is 3.70. The molecule has 2 heterocycles. The van der Waals surface area contributed by atoms with Crippen LogP contribution in [-0.2, 0) is 10.8 Å². The lowest BCUT2D eigenvalue weighted by molar-refractivity contribution is 0.466. The quantitative estimate of drug-likeness (QED) is 0.157. The molecule has 9 rings (SSSR count). The van der Waals surface area contributed by atoms with Crippen molar-refractivity contribution in [2.45, 2.75) is 106 Å². The van der Waals surface area contributed by atoms with E-state index in [1.165, 1.54) is 22.3 Å². The highest BCUT2D eigenvalue weighted by molar-refractivity contribution is 5.98. The number of fused-ring (bicyclic) bond motifs is 1. The van der Waals surface area contributed by atoms with Gasteiger partial charge in [-0.15, -0.1) is 0 Å². The fourth-order valence-electron chi connectivity index (χ4n) is 9.45. The lowest BCUT2D eigenvalue weighted by Crippen LogP contribution is -2.11. The van der Waals surface area contributed by atoms with Crippen LogP contribution in [-0.4, -0.2) is 19.6 Å². The van der Waals surface area contributed by atoms with Crippen molar-refractivity contribution in [1.29, 1.82) is 0 Å². The number of nitrogens with zero attached hydrogens (tertiary/aromatic N) is 3. The van der Waals surface area contributed by atoms with Crippen molar-refractivity contribution in [2.24, 2.45) is 0 Å². The zero-order valence-electron chi connectivity index (χ0n) is 42.0. The van der Waals surface area contributed by atoms with E-state index in [4.69, 9.17) is 9.97 Å². The summed E-state index contributed by atoms with van der Waals surface area (Å²) in [5.41, 5.74) is 21.2. The molecule has 9 aromatic rings. The number of hydrogen-bond acceptors (Lipinski definition) is 3. The molecule has 0 radical (unpaired) electrons. The van der Waals surface area contributed by atoms with Crippen LogP contribution in [0.1, 0.15) is 114 Å². The second-order valence-corrected chi connectivity index (χ2v) is 21.5.